The van der Waals surface area contributed by atoms with Gasteiger partial charge in [-0.1, -0.05) is 0 Å². The molecule has 0 aromatic heterocycles. The summed E-state index contributed by atoms with van der Waals surface area (Å²) < 4.78 is 16.5. The summed E-state index contributed by atoms with van der Waals surface area (Å²) >= 11 is 0. The van der Waals surface area contributed by atoms with Crippen molar-refractivity contribution >= 4 is 5.97 Å². The Balaban J connectivity index is 1.53. The van der Waals surface area contributed by atoms with Gasteiger partial charge < -0.3 is 19.3 Å². The van der Waals surface area contributed by atoms with E-state index in [9.17, 15) is 9.90 Å². The Morgan fingerprint density at radius 3 is 2.55 bits per heavy atom. The molecule has 0 unspecified atom stereocenters. The van der Waals surface area contributed by atoms with Crippen molar-refractivity contribution in [2.24, 2.45) is 17.8 Å². The molecule has 0 bridgehead atoms. The van der Waals surface area contributed by atoms with Gasteiger partial charge in [0.1, 0.15) is 6.10 Å². The van der Waals surface area contributed by atoms with Gasteiger partial charge in [0.05, 0.1) is 25.2 Å². The molecule has 114 valence electrons. The van der Waals surface area contributed by atoms with Gasteiger partial charge in [-0.25, -0.2) is 0 Å². The fourth-order valence-electron chi connectivity index (χ4n) is 4.00. The Labute approximate surface area is 119 Å². The summed E-state index contributed by atoms with van der Waals surface area (Å²) in [6.07, 6.45) is 2.93. The number of methoxy groups -OCH3 is 1. The molecule has 1 heterocycles. The van der Waals surface area contributed by atoms with Gasteiger partial charge in [-0.3, -0.25) is 4.79 Å². The van der Waals surface area contributed by atoms with Crippen LogP contribution in [0, 0.1) is 17.8 Å². The van der Waals surface area contributed by atoms with Gasteiger partial charge in [0.15, 0.2) is 5.79 Å². The minimum Gasteiger partial charge on any atom is -0.469 e. The molecule has 3 rings (SSSR count). The molecule has 3 aliphatic rings. The third kappa shape index (κ3) is 2.47. The molecule has 0 aromatic rings. The van der Waals surface area contributed by atoms with Crippen LogP contribution >= 0.6 is 0 Å². The van der Waals surface area contributed by atoms with Crippen LogP contribution in [0.5, 0.6) is 0 Å². The van der Waals surface area contributed by atoms with E-state index >= 15 is 0 Å². The van der Waals surface area contributed by atoms with Crippen LogP contribution in [0.25, 0.3) is 0 Å². The summed E-state index contributed by atoms with van der Waals surface area (Å²) in [5, 5.41) is 10.1. The highest BCUT2D eigenvalue weighted by atomic mass is 16.8. The van der Waals surface area contributed by atoms with Gasteiger partial charge in [-0.15, -0.1) is 0 Å². The molecule has 0 amide bonds. The van der Waals surface area contributed by atoms with Crippen molar-refractivity contribution < 1.29 is 24.1 Å². The molecular formula is C15H24O5. The van der Waals surface area contributed by atoms with Crippen LogP contribution in [0.2, 0.25) is 0 Å². The minimum absolute atomic E-state index is 0.00261. The molecule has 20 heavy (non-hydrogen) atoms. The van der Waals surface area contributed by atoms with Crippen molar-refractivity contribution in [1.29, 1.82) is 0 Å². The third-order valence-electron chi connectivity index (χ3n) is 4.96. The summed E-state index contributed by atoms with van der Waals surface area (Å²) in [7, 11) is 1.44. The normalized spacial score (nSPS) is 45.8. The van der Waals surface area contributed by atoms with Crippen molar-refractivity contribution in [3.8, 4) is 0 Å². The molecule has 5 nitrogen and oxygen atoms in total. The Hall–Kier alpha value is -0.650. The van der Waals surface area contributed by atoms with E-state index in [1.165, 1.54) is 7.11 Å². The van der Waals surface area contributed by atoms with Gasteiger partial charge >= 0.3 is 5.97 Å². The molecule has 0 spiro atoms. The lowest BCUT2D eigenvalue weighted by atomic mass is 9.70. The van der Waals surface area contributed by atoms with E-state index in [0.717, 1.165) is 25.7 Å². The van der Waals surface area contributed by atoms with E-state index in [-0.39, 0.29) is 24.1 Å². The maximum atomic E-state index is 11.4. The second-order valence-electron chi connectivity index (χ2n) is 6.92. The number of aliphatic hydroxyl groups excluding tert-OH is 1. The number of hydrogen-bond acceptors (Lipinski definition) is 5. The molecule has 1 aliphatic heterocycles. The van der Waals surface area contributed by atoms with Gasteiger partial charge in [-0.2, -0.15) is 0 Å². The van der Waals surface area contributed by atoms with E-state index in [1.54, 1.807) is 0 Å². The van der Waals surface area contributed by atoms with Crippen LogP contribution in [0.3, 0.4) is 0 Å². The maximum Gasteiger partial charge on any atom is 0.308 e. The molecule has 0 radical (unpaired) electrons. The van der Waals surface area contributed by atoms with Crippen molar-refractivity contribution in [3.05, 3.63) is 0 Å². The fourth-order valence-corrected chi connectivity index (χ4v) is 4.00. The quantitative estimate of drug-likeness (QED) is 0.795. The zero-order valence-electron chi connectivity index (χ0n) is 12.4. The van der Waals surface area contributed by atoms with Crippen molar-refractivity contribution in [3.63, 3.8) is 0 Å². The van der Waals surface area contributed by atoms with Crippen LogP contribution < -0.4 is 0 Å². The zero-order valence-corrected chi connectivity index (χ0v) is 12.4. The summed E-state index contributed by atoms with van der Waals surface area (Å²) in [6, 6.07) is 0. The fraction of sp³-hybridized carbons (Fsp3) is 0.933. The Kier molecular flexibility index (Phi) is 3.55. The number of ether oxygens (including phenoxy) is 3. The smallest absolute Gasteiger partial charge is 0.308 e. The monoisotopic (exact) mass is 284 g/mol. The van der Waals surface area contributed by atoms with Gasteiger partial charge in [0.25, 0.3) is 0 Å². The molecular weight excluding hydrogens is 260 g/mol. The zero-order chi connectivity index (χ0) is 14.5. The van der Waals surface area contributed by atoms with Crippen LogP contribution in [-0.4, -0.2) is 42.3 Å². The summed E-state index contributed by atoms with van der Waals surface area (Å²) in [5.74, 6) is 0.266. The molecule has 4 atom stereocenters. The molecule has 5 heteroatoms. The average molecular weight is 284 g/mol. The number of carbonyl (C=O) groups is 1. The molecule has 3 fully saturated rings. The first-order valence-corrected chi connectivity index (χ1v) is 7.51. The lowest BCUT2D eigenvalue weighted by Crippen LogP contribution is -2.34. The number of rotatable bonds is 3. The van der Waals surface area contributed by atoms with Crippen molar-refractivity contribution in [2.75, 3.05) is 7.11 Å². The highest BCUT2D eigenvalue weighted by molar-refractivity contribution is 5.73. The van der Waals surface area contributed by atoms with Crippen molar-refractivity contribution in [1.82, 2.24) is 0 Å². The standard InChI is InChI=1S/C15H24O5/c1-15(2)19-12-9(7-11(16)13(12)20-15)4-8-5-10(6-8)14(17)18-3/h8-13,16H,4-7H2,1-3H3/t8?,9-,10?,11-,12+,13-/m0/s1. The lowest BCUT2D eigenvalue weighted by molar-refractivity contribution is -0.168. The first-order valence-electron chi connectivity index (χ1n) is 7.51. The second-order valence-corrected chi connectivity index (χ2v) is 6.92. The maximum absolute atomic E-state index is 11.4. The molecule has 1 saturated heterocycles. The SMILES string of the molecule is COC(=O)C1CC(C[C@H]2C[C@H](O)[C@@H]3OC(C)(C)O[C@H]23)C1. The van der Waals surface area contributed by atoms with Crippen molar-refractivity contribution in [2.45, 2.75) is 63.6 Å². The predicted molar refractivity (Wildman–Crippen MR) is 70.8 cm³/mol. The summed E-state index contributed by atoms with van der Waals surface area (Å²) in [5.41, 5.74) is 0. The largest absolute Gasteiger partial charge is 0.469 e. The third-order valence-corrected chi connectivity index (χ3v) is 4.96. The van der Waals surface area contributed by atoms with Crippen LogP contribution in [0.15, 0.2) is 0 Å². The highest BCUT2D eigenvalue weighted by Gasteiger charge is 2.54. The van der Waals surface area contributed by atoms with Gasteiger partial charge in [0, 0.05) is 0 Å². The van der Waals surface area contributed by atoms with E-state index in [4.69, 9.17) is 14.2 Å². The van der Waals surface area contributed by atoms with Crippen LogP contribution in [-0.2, 0) is 19.0 Å². The van der Waals surface area contributed by atoms with Crippen LogP contribution in [0.4, 0.5) is 0 Å². The molecule has 0 aromatic carbocycles. The van der Waals surface area contributed by atoms with E-state index in [0.29, 0.717) is 11.8 Å². The average Bonchev–Trinajstić information content (AvgIpc) is 2.78. The number of hydrogen-bond donors (Lipinski definition) is 1. The molecule has 2 saturated carbocycles. The predicted octanol–water partition coefficient (Wildman–Crippen LogP) is 1.48. The minimum atomic E-state index is -0.594. The van der Waals surface area contributed by atoms with E-state index < -0.39 is 11.9 Å². The lowest BCUT2D eigenvalue weighted by Gasteiger charge is -2.35. The second kappa shape index (κ2) is 4.97. The molecule has 2 aliphatic carbocycles. The van der Waals surface area contributed by atoms with Gasteiger partial charge in [0.2, 0.25) is 0 Å². The Bertz CT molecular complexity index is 388. The Morgan fingerprint density at radius 2 is 1.90 bits per heavy atom. The topological polar surface area (TPSA) is 65.0 Å². The first-order chi connectivity index (χ1) is 9.39. The van der Waals surface area contributed by atoms with E-state index in [2.05, 4.69) is 0 Å². The van der Waals surface area contributed by atoms with Gasteiger partial charge in [-0.05, 0) is 51.4 Å². The Morgan fingerprint density at radius 1 is 1.25 bits per heavy atom. The summed E-state index contributed by atoms with van der Waals surface area (Å²) in [6.45, 7) is 3.79. The first kappa shape index (κ1) is 14.3. The number of aliphatic hydroxyl groups is 1. The van der Waals surface area contributed by atoms with E-state index in [1.807, 2.05) is 13.8 Å². The number of carbonyl (C=O) groups excluding carboxylic acids is 1. The number of fused-ring (bicyclic) bond motifs is 1. The van der Waals surface area contributed by atoms with Crippen LogP contribution in [0.1, 0.15) is 39.5 Å². The molecule has 1 N–H and O–H groups in total. The number of esters is 1. The highest BCUT2D eigenvalue weighted by Crippen LogP contribution is 2.47. The summed E-state index contributed by atoms with van der Waals surface area (Å²) in [4.78, 5) is 11.4.